The highest BCUT2D eigenvalue weighted by Gasteiger charge is 2.25. The fraction of sp³-hybridized carbons (Fsp3) is 0.333. The summed E-state index contributed by atoms with van der Waals surface area (Å²) in [4.78, 5) is 24.7. The molecule has 2 unspecified atom stereocenters. The molecule has 0 spiro atoms. The molecule has 0 aliphatic rings. The van der Waals surface area contributed by atoms with Crippen LogP contribution >= 0.6 is 0 Å². The van der Waals surface area contributed by atoms with Crippen LogP contribution in [-0.2, 0) is 20.7 Å². The zero-order chi connectivity index (χ0) is 18.9. The molecule has 0 fully saturated rings. The molecule has 0 aliphatic heterocycles. The molecule has 2 N–H and O–H groups in total. The Labute approximate surface area is 154 Å². The first-order chi connectivity index (χ1) is 12.5. The van der Waals surface area contributed by atoms with Gasteiger partial charge in [-0.2, -0.15) is 0 Å². The number of hydrogen-bond acceptors (Lipinski definition) is 4. The van der Waals surface area contributed by atoms with E-state index in [2.05, 4.69) is 10.6 Å². The maximum Gasteiger partial charge on any atom is 0.324 e. The molecular formula is C21H26N2O3. The van der Waals surface area contributed by atoms with E-state index in [0.717, 1.165) is 11.1 Å². The maximum atomic E-state index is 12.4. The lowest BCUT2D eigenvalue weighted by atomic mass is 10.1. The third-order valence-electron chi connectivity index (χ3n) is 4.24. The number of hydrogen-bond donors (Lipinski definition) is 2. The van der Waals surface area contributed by atoms with Gasteiger partial charge in [-0.3, -0.25) is 9.59 Å². The van der Waals surface area contributed by atoms with Gasteiger partial charge in [0.05, 0.1) is 6.04 Å². The van der Waals surface area contributed by atoms with Crippen LogP contribution in [0.25, 0.3) is 0 Å². The second-order valence-corrected chi connectivity index (χ2v) is 6.25. The summed E-state index contributed by atoms with van der Waals surface area (Å²) in [6.45, 7) is 3.48. The Morgan fingerprint density at radius 2 is 1.54 bits per heavy atom. The van der Waals surface area contributed by atoms with Crippen LogP contribution in [0.2, 0.25) is 0 Å². The first-order valence-electron chi connectivity index (χ1n) is 8.78. The zero-order valence-electron chi connectivity index (χ0n) is 15.4. The van der Waals surface area contributed by atoms with Crippen LogP contribution < -0.4 is 10.6 Å². The van der Waals surface area contributed by atoms with E-state index in [4.69, 9.17) is 4.74 Å². The molecule has 5 heteroatoms. The Morgan fingerprint density at radius 1 is 0.962 bits per heavy atom. The zero-order valence-corrected chi connectivity index (χ0v) is 15.4. The number of nitrogens with one attached hydrogen (secondary N) is 2. The van der Waals surface area contributed by atoms with Crippen LogP contribution in [0.5, 0.6) is 0 Å². The van der Waals surface area contributed by atoms with Gasteiger partial charge in [-0.15, -0.1) is 0 Å². The smallest absolute Gasteiger partial charge is 0.324 e. The van der Waals surface area contributed by atoms with Gasteiger partial charge < -0.3 is 15.4 Å². The highest BCUT2D eigenvalue weighted by atomic mass is 16.5. The molecule has 0 heterocycles. The third kappa shape index (κ3) is 5.70. The first kappa shape index (κ1) is 19.7. The number of likely N-dealkylation sites (N-methyl/N-ethyl adjacent to an activating group) is 1. The molecule has 3 atom stereocenters. The summed E-state index contributed by atoms with van der Waals surface area (Å²) in [7, 11) is 1.71. The minimum Gasteiger partial charge on any atom is -0.451 e. The van der Waals surface area contributed by atoms with Crippen molar-refractivity contribution in [2.75, 3.05) is 7.05 Å². The number of ether oxygens (including phenoxy) is 1. The standard InChI is InChI=1S/C21H26N2O3/c1-15(18-12-8-5-9-13-18)23-20(24)16(2)26-21(25)19(22-3)14-17-10-6-4-7-11-17/h4-13,15-16,19,22H,14H2,1-3H3,(H,23,24)/t15?,16-,19?/m0/s1. The Kier molecular flexibility index (Phi) is 7.36. The van der Waals surface area contributed by atoms with Crippen molar-refractivity contribution in [1.82, 2.24) is 10.6 Å². The fourth-order valence-corrected chi connectivity index (χ4v) is 2.62. The van der Waals surface area contributed by atoms with E-state index in [1.165, 1.54) is 0 Å². The summed E-state index contributed by atoms with van der Waals surface area (Å²) in [6.07, 6.45) is -0.356. The normalized spacial score (nSPS) is 14.1. The van der Waals surface area contributed by atoms with Crippen molar-refractivity contribution in [3.8, 4) is 0 Å². The molecule has 0 aliphatic carbocycles. The second kappa shape index (κ2) is 9.73. The van der Waals surface area contributed by atoms with Gasteiger partial charge in [0.25, 0.3) is 5.91 Å². The lowest BCUT2D eigenvalue weighted by molar-refractivity contribution is -0.156. The summed E-state index contributed by atoms with van der Waals surface area (Å²) in [6, 6.07) is 18.7. The molecule has 5 nitrogen and oxygen atoms in total. The second-order valence-electron chi connectivity index (χ2n) is 6.25. The van der Waals surface area contributed by atoms with Crippen LogP contribution in [0, 0.1) is 0 Å². The number of carbonyl (C=O) groups excluding carboxylic acids is 2. The van der Waals surface area contributed by atoms with Crippen LogP contribution in [0.1, 0.15) is 31.0 Å². The Hall–Kier alpha value is -2.66. The topological polar surface area (TPSA) is 67.4 Å². The van der Waals surface area contributed by atoms with Gasteiger partial charge in [-0.1, -0.05) is 60.7 Å². The van der Waals surface area contributed by atoms with Gasteiger partial charge in [0, 0.05) is 0 Å². The van der Waals surface area contributed by atoms with E-state index < -0.39 is 18.1 Å². The SMILES string of the molecule is CNC(Cc1ccccc1)C(=O)O[C@@H](C)C(=O)NC(C)c1ccccc1. The molecule has 26 heavy (non-hydrogen) atoms. The van der Waals surface area contributed by atoms with Gasteiger partial charge >= 0.3 is 5.97 Å². The maximum absolute atomic E-state index is 12.4. The minimum atomic E-state index is -0.861. The molecule has 0 bridgehead atoms. The predicted molar refractivity (Wildman–Crippen MR) is 102 cm³/mol. The van der Waals surface area contributed by atoms with Crippen molar-refractivity contribution in [3.63, 3.8) is 0 Å². The molecule has 1 amide bonds. The quantitative estimate of drug-likeness (QED) is 0.715. The molecule has 138 valence electrons. The lowest BCUT2D eigenvalue weighted by Gasteiger charge is -2.21. The van der Waals surface area contributed by atoms with E-state index in [-0.39, 0.29) is 11.9 Å². The summed E-state index contributed by atoms with van der Waals surface area (Å²) in [5.74, 6) is -0.754. The van der Waals surface area contributed by atoms with Crippen molar-refractivity contribution < 1.29 is 14.3 Å². The summed E-state index contributed by atoms with van der Waals surface area (Å²) >= 11 is 0. The van der Waals surface area contributed by atoms with Crippen molar-refractivity contribution >= 4 is 11.9 Å². The summed E-state index contributed by atoms with van der Waals surface area (Å²) < 4.78 is 5.36. The van der Waals surface area contributed by atoms with Crippen molar-refractivity contribution in [2.45, 2.75) is 38.5 Å². The van der Waals surface area contributed by atoms with Crippen molar-refractivity contribution in [3.05, 3.63) is 71.8 Å². The molecule has 0 saturated carbocycles. The van der Waals surface area contributed by atoms with Crippen molar-refractivity contribution in [2.24, 2.45) is 0 Å². The van der Waals surface area contributed by atoms with Gasteiger partial charge in [-0.25, -0.2) is 0 Å². The van der Waals surface area contributed by atoms with Gasteiger partial charge in [-0.05, 0) is 38.4 Å². The molecule has 2 aromatic carbocycles. The molecule has 0 radical (unpaired) electrons. The predicted octanol–water partition coefficient (Wildman–Crippen LogP) is 2.63. The monoisotopic (exact) mass is 354 g/mol. The molecule has 0 saturated heterocycles. The molecule has 2 rings (SSSR count). The van der Waals surface area contributed by atoms with Crippen molar-refractivity contribution in [1.29, 1.82) is 0 Å². The Balaban J connectivity index is 1.89. The molecule has 0 aromatic heterocycles. The average Bonchev–Trinajstić information content (AvgIpc) is 2.67. The summed E-state index contributed by atoms with van der Waals surface area (Å²) in [5, 5.41) is 5.83. The van der Waals surface area contributed by atoms with E-state index in [1.807, 2.05) is 67.6 Å². The van der Waals surface area contributed by atoms with E-state index in [9.17, 15) is 9.59 Å². The first-order valence-corrected chi connectivity index (χ1v) is 8.78. The third-order valence-corrected chi connectivity index (χ3v) is 4.24. The fourth-order valence-electron chi connectivity index (χ4n) is 2.62. The number of rotatable bonds is 8. The number of carbonyl (C=O) groups is 2. The summed E-state index contributed by atoms with van der Waals surface area (Å²) in [5.41, 5.74) is 2.02. The van der Waals surface area contributed by atoms with Crippen LogP contribution in [0.15, 0.2) is 60.7 Å². The molecule has 2 aromatic rings. The van der Waals surface area contributed by atoms with Gasteiger partial charge in [0.1, 0.15) is 6.04 Å². The van der Waals surface area contributed by atoms with Crippen LogP contribution in [0.3, 0.4) is 0 Å². The largest absolute Gasteiger partial charge is 0.451 e. The van der Waals surface area contributed by atoms with E-state index in [1.54, 1.807) is 14.0 Å². The number of amides is 1. The van der Waals surface area contributed by atoms with Crippen LogP contribution in [0.4, 0.5) is 0 Å². The van der Waals surface area contributed by atoms with Gasteiger partial charge in [0.15, 0.2) is 6.10 Å². The lowest BCUT2D eigenvalue weighted by Crippen LogP contribution is -2.43. The Morgan fingerprint density at radius 3 is 2.12 bits per heavy atom. The van der Waals surface area contributed by atoms with Crippen LogP contribution in [-0.4, -0.2) is 31.1 Å². The number of benzene rings is 2. The molecular weight excluding hydrogens is 328 g/mol. The average molecular weight is 354 g/mol. The highest BCUT2D eigenvalue weighted by molar-refractivity contribution is 5.85. The number of esters is 1. The Bertz CT molecular complexity index is 704. The van der Waals surface area contributed by atoms with Gasteiger partial charge in [0.2, 0.25) is 0 Å². The van der Waals surface area contributed by atoms with E-state index in [0.29, 0.717) is 6.42 Å². The minimum absolute atomic E-state index is 0.158. The van der Waals surface area contributed by atoms with E-state index >= 15 is 0 Å². The highest BCUT2D eigenvalue weighted by Crippen LogP contribution is 2.12.